The van der Waals surface area contributed by atoms with Crippen molar-refractivity contribution in [2.75, 3.05) is 18.5 Å². The summed E-state index contributed by atoms with van der Waals surface area (Å²) in [6, 6.07) is 5.46. The highest BCUT2D eigenvalue weighted by atomic mass is 16.6. The van der Waals surface area contributed by atoms with E-state index in [0.717, 1.165) is 12.6 Å². The number of nitrogens with zero attached hydrogens (tertiary/aromatic N) is 2. The lowest BCUT2D eigenvalue weighted by Gasteiger charge is -2.02. The van der Waals surface area contributed by atoms with E-state index in [0.29, 0.717) is 6.54 Å². The highest BCUT2D eigenvalue weighted by Crippen LogP contribution is 2.16. The predicted octanol–water partition coefficient (Wildman–Crippen LogP) is 1.06. The lowest BCUT2D eigenvalue weighted by molar-refractivity contribution is -0.384. The standard InChI is InChI=1S/C13H16N4O5/c1-2-6-14-13(19)9-22-15-8-12(18)16-10-4-3-5-11(7-10)17(20)21/h3-5,7-8H,2,6,9H2,1H3,(H,14,19)(H,16,18)/b15-8-. The van der Waals surface area contributed by atoms with Gasteiger partial charge in [-0.05, 0) is 12.5 Å². The largest absolute Gasteiger partial charge is 0.386 e. The number of rotatable bonds is 8. The van der Waals surface area contributed by atoms with E-state index in [4.69, 9.17) is 0 Å². The summed E-state index contributed by atoms with van der Waals surface area (Å²) >= 11 is 0. The number of carbonyl (C=O) groups excluding carboxylic acids is 2. The van der Waals surface area contributed by atoms with Crippen molar-refractivity contribution < 1.29 is 19.3 Å². The molecular weight excluding hydrogens is 292 g/mol. The quantitative estimate of drug-likeness (QED) is 0.422. The summed E-state index contributed by atoms with van der Waals surface area (Å²) in [7, 11) is 0. The fourth-order valence-corrected chi connectivity index (χ4v) is 1.37. The second-order valence-electron chi connectivity index (χ2n) is 4.15. The molecule has 0 unspecified atom stereocenters. The van der Waals surface area contributed by atoms with Gasteiger partial charge in [-0.3, -0.25) is 19.7 Å². The number of carbonyl (C=O) groups is 2. The van der Waals surface area contributed by atoms with Gasteiger partial charge in [-0.2, -0.15) is 0 Å². The van der Waals surface area contributed by atoms with Crippen LogP contribution < -0.4 is 10.6 Å². The van der Waals surface area contributed by atoms with Crippen LogP contribution in [0.15, 0.2) is 29.4 Å². The Morgan fingerprint density at radius 3 is 2.91 bits per heavy atom. The second kappa shape index (κ2) is 9.06. The lowest BCUT2D eigenvalue weighted by Crippen LogP contribution is -2.27. The van der Waals surface area contributed by atoms with Gasteiger partial charge in [-0.1, -0.05) is 18.1 Å². The summed E-state index contributed by atoms with van der Waals surface area (Å²) in [6.07, 6.45) is 1.65. The number of amides is 2. The van der Waals surface area contributed by atoms with Gasteiger partial charge in [0.2, 0.25) is 0 Å². The van der Waals surface area contributed by atoms with Crippen LogP contribution in [-0.4, -0.2) is 36.1 Å². The number of anilines is 1. The van der Waals surface area contributed by atoms with Crippen molar-refractivity contribution in [2.24, 2.45) is 5.16 Å². The summed E-state index contributed by atoms with van der Waals surface area (Å²) in [5, 5.41) is 18.9. The van der Waals surface area contributed by atoms with Gasteiger partial charge in [0.15, 0.2) is 6.61 Å². The summed E-state index contributed by atoms with van der Waals surface area (Å²) in [5.41, 5.74) is 0.116. The monoisotopic (exact) mass is 308 g/mol. The number of nitrogens with one attached hydrogen (secondary N) is 2. The molecule has 2 amide bonds. The lowest BCUT2D eigenvalue weighted by atomic mass is 10.3. The summed E-state index contributed by atoms with van der Waals surface area (Å²) in [5.74, 6) is -0.965. The number of hydrogen-bond acceptors (Lipinski definition) is 6. The van der Waals surface area contributed by atoms with E-state index in [9.17, 15) is 19.7 Å². The number of oxime groups is 1. The van der Waals surface area contributed by atoms with Crippen molar-refractivity contribution >= 4 is 29.4 Å². The van der Waals surface area contributed by atoms with Crippen molar-refractivity contribution in [1.82, 2.24) is 5.32 Å². The highest BCUT2D eigenvalue weighted by molar-refractivity contribution is 6.31. The minimum atomic E-state index is -0.630. The second-order valence-corrected chi connectivity index (χ2v) is 4.15. The number of benzene rings is 1. The minimum Gasteiger partial charge on any atom is -0.386 e. The molecule has 0 heterocycles. The molecule has 9 nitrogen and oxygen atoms in total. The molecule has 22 heavy (non-hydrogen) atoms. The molecule has 9 heteroatoms. The maximum Gasteiger partial charge on any atom is 0.271 e. The third-order valence-electron chi connectivity index (χ3n) is 2.34. The number of non-ortho nitro benzene ring substituents is 1. The first kappa shape index (κ1) is 17.1. The zero-order valence-electron chi connectivity index (χ0n) is 11.9. The van der Waals surface area contributed by atoms with Gasteiger partial charge in [0.05, 0.1) is 4.92 Å². The van der Waals surface area contributed by atoms with Gasteiger partial charge in [-0.25, -0.2) is 0 Å². The maximum atomic E-state index is 11.5. The molecule has 1 aromatic rings. The Labute approximate surface area is 126 Å². The summed E-state index contributed by atoms with van der Waals surface area (Å²) < 4.78 is 0. The van der Waals surface area contributed by atoms with Crippen molar-refractivity contribution in [3.63, 3.8) is 0 Å². The molecule has 0 saturated heterocycles. The average molecular weight is 308 g/mol. The third-order valence-corrected chi connectivity index (χ3v) is 2.34. The van der Waals surface area contributed by atoms with E-state index >= 15 is 0 Å². The van der Waals surface area contributed by atoms with Crippen LogP contribution in [-0.2, 0) is 14.4 Å². The van der Waals surface area contributed by atoms with E-state index < -0.39 is 10.8 Å². The van der Waals surface area contributed by atoms with Gasteiger partial charge in [0.25, 0.3) is 17.5 Å². The summed E-state index contributed by atoms with van der Waals surface area (Å²) in [4.78, 5) is 37.3. The Balaban J connectivity index is 2.39. The SMILES string of the molecule is CCCNC(=O)CO/N=C\C(=O)Nc1cccc([N+](=O)[O-])c1. The van der Waals surface area contributed by atoms with E-state index in [-0.39, 0.29) is 23.9 Å². The topological polar surface area (TPSA) is 123 Å². The Hall–Kier alpha value is -2.97. The molecule has 0 bridgehead atoms. The van der Waals surface area contributed by atoms with Crippen LogP contribution >= 0.6 is 0 Å². The molecule has 0 aliphatic rings. The fraction of sp³-hybridized carbons (Fsp3) is 0.308. The van der Waals surface area contributed by atoms with Crippen LogP contribution in [0.5, 0.6) is 0 Å². The van der Waals surface area contributed by atoms with E-state index in [1.807, 2.05) is 6.92 Å². The Morgan fingerprint density at radius 1 is 1.45 bits per heavy atom. The summed E-state index contributed by atoms with van der Waals surface area (Å²) in [6.45, 7) is 2.16. The highest BCUT2D eigenvalue weighted by Gasteiger charge is 2.07. The van der Waals surface area contributed by atoms with Gasteiger partial charge < -0.3 is 15.5 Å². The van der Waals surface area contributed by atoms with Crippen LogP contribution in [0.25, 0.3) is 0 Å². The zero-order valence-corrected chi connectivity index (χ0v) is 11.9. The minimum absolute atomic E-state index is 0.140. The van der Waals surface area contributed by atoms with E-state index in [1.165, 1.54) is 24.3 Å². The molecular formula is C13H16N4O5. The maximum absolute atomic E-state index is 11.5. The smallest absolute Gasteiger partial charge is 0.271 e. The first-order chi connectivity index (χ1) is 10.5. The molecule has 0 spiro atoms. The molecule has 0 radical (unpaired) electrons. The third kappa shape index (κ3) is 6.46. The van der Waals surface area contributed by atoms with Gasteiger partial charge in [0, 0.05) is 24.4 Å². The van der Waals surface area contributed by atoms with Crippen LogP contribution in [0, 0.1) is 10.1 Å². The molecule has 1 rings (SSSR count). The molecule has 2 N–H and O–H groups in total. The molecule has 0 fully saturated rings. The molecule has 1 aromatic carbocycles. The van der Waals surface area contributed by atoms with Crippen LogP contribution in [0.1, 0.15) is 13.3 Å². The number of nitro benzene ring substituents is 1. The Morgan fingerprint density at radius 2 is 2.23 bits per heavy atom. The van der Waals surface area contributed by atoms with Crippen molar-refractivity contribution in [3.8, 4) is 0 Å². The Kier molecular flexibility index (Phi) is 7.03. The number of hydrogen-bond donors (Lipinski definition) is 2. The molecule has 0 atom stereocenters. The fourth-order valence-electron chi connectivity index (χ4n) is 1.37. The molecule has 0 aliphatic carbocycles. The van der Waals surface area contributed by atoms with Crippen LogP contribution in [0.2, 0.25) is 0 Å². The van der Waals surface area contributed by atoms with Gasteiger partial charge in [0.1, 0.15) is 6.21 Å². The van der Waals surface area contributed by atoms with Crippen molar-refractivity contribution in [1.29, 1.82) is 0 Å². The van der Waals surface area contributed by atoms with E-state index in [1.54, 1.807) is 0 Å². The average Bonchev–Trinajstić information content (AvgIpc) is 2.49. The predicted molar refractivity (Wildman–Crippen MR) is 79.5 cm³/mol. The molecule has 0 aromatic heterocycles. The van der Waals surface area contributed by atoms with Gasteiger partial charge >= 0.3 is 0 Å². The normalized spacial score (nSPS) is 10.2. The number of nitro groups is 1. The molecule has 0 saturated carbocycles. The molecule has 118 valence electrons. The van der Waals surface area contributed by atoms with Crippen LogP contribution in [0.4, 0.5) is 11.4 Å². The van der Waals surface area contributed by atoms with Gasteiger partial charge in [-0.15, -0.1) is 0 Å². The van der Waals surface area contributed by atoms with Crippen molar-refractivity contribution in [3.05, 3.63) is 34.4 Å². The van der Waals surface area contributed by atoms with Crippen molar-refractivity contribution in [2.45, 2.75) is 13.3 Å². The zero-order chi connectivity index (χ0) is 16.4. The van der Waals surface area contributed by atoms with E-state index in [2.05, 4.69) is 20.6 Å². The first-order valence-corrected chi connectivity index (χ1v) is 6.50. The first-order valence-electron chi connectivity index (χ1n) is 6.50. The molecule has 0 aliphatic heterocycles. The Bertz CT molecular complexity index is 573. The van der Waals surface area contributed by atoms with Crippen LogP contribution in [0.3, 0.4) is 0 Å².